The van der Waals surface area contributed by atoms with Crippen LogP contribution in [-0.2, 0) is 21.3 Å². The molecule has 0 aliphatic heterocycles. The van der Waals surface area contributed by atoms with Crippen molar-refractivity contribution in [2.24, 2.45) is 0 Å². The number of carbonyl (C=O) groups excluding carboxylic acids is 1. The molecule has 108 valence electrons. The third kappa shape index (κ3) is 3.09. The minimum Gasteiger partial charge on any atom is -0.465 e. The zero-order valence-electron chi connectivity index (χ0n) is 10.9. The number of aryl methyl sites for hydroxylation is 1. The van der Waals surface area contributed by atoms with Crippen molar-refractivity contribution in [2.75, 3.05) is 7.11 Å². The Bertz CT molecular complexity index is 701. The zero-order valence-corrected chi connectivity index (χ0v) is 13.3. The van der Waals surface area contributed by atoms with E-state index in [0.717, 1.165) is 16.9 Å². The van der Waals surface area contributed by atoms with Crippen LogP contribution >= 0.6 is 22.7 Å². The fraction of sp³-hybridized carbons (Fsp3) is 0.250. The fourth-order valence-corrected chi connectivity index (χ4v) is 5.03. The van der Waals surface area contributed by atoms with Crippen LogP contribution in [0.2, 0.25) is 0 Å². The molecular formula is C12H13NO4S3. The Hall–Kier alpha value is -1.22. The Kier molecular flexibility index (Phi) is 4.59. The Morgan fingerprint density at radius 2 is 2.15 bits per heavy atom. The molecule has 0 aliphatic carbocycles. The first-order valence-corrected chi connectivity index (χ1v) is 8.93. The van der Waals surface area contributed by atoms with Crippen LogP contribution < -0.4 is 4.72 Å². The predicted octanol–water partition coefficient (Wildman–Crippen LogP) is 2.38. The molecule has 1 N–H and O–H groups in total. The van der Waals surface area contributed by atoms with E-state index in [9.17, 15) is 13.2 Å². The van der Waals surface area contributed by atoms with E-state index in [4.69, 9.17) is 0 Å². The second-order valence-corrected chi connectivity index (χ2v) is 7.39. The molecule has 5 nitrogen and oxygen atoms in total. The number of nitrogens with one attached hydrogen (secondary N) is 1. The lowest BCUT2D eigenvalue weighted by Gasteiger charge is -2.07. The summed E-state index contributed by atoms with van der Waals surface area (Å²) in [6.07, 6.45) is 0. The van der Waals surface area contributed by atoms with Gasteiger partial charge in [0.1, 0.15) is 9.77 Å². The van der Waals surface area contributed by atoms with Gasteiger partial charge >= 0.3 is 5.97 Å². The van der Waals surface area contributed by atoms with Gasteiger partial charge in [-0.15, -0.1) is 11.3 Å². The molecule has 20 heavy (non-hydrogen) atoms. The molecule has 0 saturated heterocycles. The Morgan fingerprint density at radius 1 is 1.40 bits per heavy atom. The molecule has 0 aliphatic rings. The maximum absolute atomic E-state index is 12.3. The molecule has 8 heteroatoms. The van der Waals surface area contributed by atoms with Crippen LogP contribution in [0.15, 0.2) is 27.1 Å². The molecule has 0 atom stereocenters. The van der Waals surface area contributed by atoms with Crippen LogP contribution in [0.5, 0.6) is 0 Å². The van der Waals surface area contributed by atoms with Crippen molar-refractivity contribution in [2.45, 2.75) is 18.4 Å². The molecule has 2 rings (SSSR count). The van der Waals surface area contributed by atoms with Gasteiger partial charge in [-0.3, -0.25) is 0 Å². The molecule has 0 fully saturated rings. The van der Waals surface area contributed by atoms with Crippen LogP contribution in [0.1, 0.15) is 20.8 Å². The molecule has 0 amide bonds. The van der Waals surface area contributed by atoms with Gasteiger partial charge in [0, 0.05) is 6.54 Å². The van der Waals surface area contributed by atoms with E-state index >= 15 is 0 Å². The van der Waals surface area contributed by atoms with E-state index in [1.807, 2.05) is 16.8 Å². The lowest BCUT2D eigenvalue weighted by atomic mass is 10.3. The highest BCUT2D eigenvalue weighted by molar-refractivity contribution is 7.89. The van der Waals surface area contributed by atoms with Crippen LogP contribution in [0.4, 0.5) is 0 Å². The van der Waals surface area contributed by atoms with Crippen molar-refractivity contribution in [1.29, 1.82) is 0 Å². The fourth-order valence-electron chi connectivity index (χ4n) is 1.64. The van der Waals surface area contributed by atoms with Gasteiger partial charge in [-0.1, -0.05) is 0 Å². The number of rotatable bonds is 5. The van der Waals surface area contributed by atoms with Gasteiger partial charge in [-0.05, 0) is 40.3 Å². The van der Waals surface area contributed by atoms with E-state index in [1.165, 1.54) is 18.4 Å². The van der Waals surface area contributed by atoms with E-state index in [1.54, 1.807) is 12.3 Å². The first-order chi connectivity index (χ1) is 9.45. The number of ether oxygens (including phenoxy) is 1. The Labute approximate surface area is 125 Å². The first-order valence-electron chi connectivity index (χ1n) is 5.63. The molecule has 2 aromatic heterocycles. The van der Waals surface area contributed by atoms with Crippen molar-refractivity contribution < 1.29 is 17.9 Å². The summed E-state index contributed by atoms with van der Waals surface area (Å²) in [5.41, 5.74) is 1.42. The minimum absolute atomic E-state index is 0.00424. The number of hydrogen-bond donors (Lipinski definition) is 1. The summed E-state index contributed by atoms with van der Waals surface area (Å²) in [5.74, 6) is -0.640. The summed E-state index contributed by atoms with van der Waals surface area (Å²) in [6.45, 7) is 1.85. The van der Waals surface area contributed by atoms with Gasteiger partial charge in [0.25, 0.3) is 0 Å². The highest BCUT2D eigenvalue weighted by Gasteiger charge is 2.27. The highest BCUT2D eigenvalue weighted by atomic mass is 32.2. The lowest BCUT2D eigenvalue weighted by molar-refractivity contribution is 0.0602. The van der Waals surface area contributed by atoms with E-state index in [0.29, 0.717) is 5.56 Å². The molecule has 0 unspecified atom stereocenters. The highest BCUT2D eigenvalue weighted by Crippen LogP contribution is 2.27. The first kappa shape index (κ1) is 15.2. The van der Waals surface area contributed by atoms with Gasteiger partial charge in [-0.2, -0.15) is 11.3 Å². The molecule has 2 aromatic rings. The summed E-state index contributed by atoms with van der Waals surface area (Å²) in [5, 5.41) is 5.37. The minimum atomic E-state index is -3.75. The van der Waals surface area contributed by atoms with Crippen LogP contribution in [0.3, 0.4) is 0 Å². The quantitative estimate of drug-likeness (QED) is 0.854. The standard InChI is InChI=1S/C12H13NO4S3/c1-8-6-19-10(12(14)17-2)11(8)20(15,16)13-5-9-3-4-18-7-9/h3-4,6-7,13H,5H2,1-2H3. The largest absolute Gasteiger partial charge is 0.465 e. The smallest absolute Gasteiger partial charge is 0.349 e. The maximum Gasteiger partial charge on any atom is 0.349 e. The third-order valence-electron chi connectivity index (χ3n) is 2.60. The monoisotopic (exact) mass is 331 g/mol. The molecule has 0 saturated carbocycles. The predicted molar refractivity (Wildman–Crippen MR) is 78.7 cm³/mol. The third-order valence-corrected chi connectivity index (χ3v) is 6.13. The van der Waals surface area contributed by atoms with Crippen LogP contribution in [0.25, 0.3) is 0 Å². The Morgan fingerprint density at radius 3 is 2.75 bits per heavy atom. The second kappa shape index (κ2) is 6.04. The normalized spacial score (nSPS) is 11.5. The van der Waals surface area contributed by atoms with Gasteiger partial charge in [-0.25, -0.2) is 17.9 Å². The number of esters is 1. The SMILES string of the molecule is COC(=O)c1scc(C)c1S(=O)(=O)NCc1ccsc1. The summed E-state index contributed by atoms with van der Waals surface area (Å²) >= 11 is 2.56. The molecule has 0 bridgehead atoms. The molecular weight excluding hydrogens is 318 g/mol. The Balaban J connectivity index is 2.29. The van der Waals surface area contributed by atoms with Crippen molar-refractivity contribution in [3.05, 3.63) is 38.2 Å². The van der Waals surface area contributed by atoms with Gasteiger partial charge in [0.2, 0.25) is 10.0 Å². The number of sulfonamides is 1. The van der Waals surface area contributed by atoms with Crippen molar-refractivity contribution in [3.63, 3.8) is 0 Å². The topological polar surface area (TPSA) is 72.5 Å². The number of thiophene rings is 2. The molecule has 0 spiro atoms. The van der Waals surface area contributed by atoms with Crippen LogP contribution in [-0.4, -0.2) is 21.5 Å². The second-order valence-electron chi connectivity index (χ2n) is 4.02. The number of hydrogen-bond acceptors (Lipinski definition) is 6. The van der Waals surface area contributed by atoms with E-state index in [2.05, 4.69) is 9.46 Å². The molecule has 2 heterocycles. The van der Waals surface area contributed by atoms with Gasteiger partial charge < -0.3 is 4.74 Å². The summed E-state index contributed by atoms with van der Waals surface area (Å²) in [7, 11) is -2.52. The van der Waals surface area contributed by atoms with Crippen molar-refractivity contribution in [3.8, 4) is 0 Å². The number of methoxy groups -OCH3 is 1. The van der Waals surface area contributed by atoms with Crippen molar-refractivity contribution in [1.82, 2.24) is 4.72 Å². The molecule has 0 radical (unpaired) electrons. The average molecular weight is 331 g/mol. The molecule has 0 aromatic carbocycles. The van der Waals surface area contributed by atoms with Gasteiger partial charge in [0.15, 0.2) is 0 Å². The summed E-state index contributed by atoms with van der Waals surface area (Å²) in [4.78, 5) is 11.7. The van der Waals surface area contributed by atoms with Crippen molar-refractivity contribution >= 4 is 38.7 Å². The van der Waals surface area contributed by atoms with E-state index < -0.39 is 16.0 Å². The lowest BCUT2D eigenvalue weighted by Crippen LogP contribution is -2.25. The maximum atomic E-state index is 12.3. The summed E-state index contributed by atoms with van der Waals surface area (Å²) < 4.78 is 31.8. The zero-order chi connectivity index (χ0) is 14.8. The average Bonchev–Trinajstić information content (AvgIpc) is 3.04. The summed E-state index contributed by atoms with van der Waals surface area (Å²) in [6, 6.07) is 1.84. The van der Waals surface area contributed by atoms with Crippen LogP contribution in [0, 0.1) is 6.92 Å². The number of carbonyl (C=O) groups is 1. The van der Waals surface area contributed by atoms with Gasteiger partial charge in [0.05, 0.1) is 7.11 Å². The van der Waals surface area contributed by atoms with E-state index in [-0.39, 0.29) is 16.3 Å².